The van der Waals surface area contributed by atoms with Crippen molar-refractivity contribution in [1.29, 1.82) is 0 Å². The van der Waals surface area contributed by atoms with Gasteiger partial charge >= 0.3 is 0 Å². The van der Waals surface area contributed by atoms with E-state index in [2.05, 4.69) is 25.5 Å². The van der Waals surface area contributed by atoms with E-state index in [4.69, 9.17) is 9.47 Å². The van der Waals surface area contributed by atoms with Gasteiger partial charge in [0.2, 0.25) is 5.95 Å². The molecule has 0 spiro atoms. The number of ether oxygens (including phenoxy) is 2. The normalized spacial score (nSPS) is 10.7. The lowest BCUT2D eigenvalue weighted by molar-refractivity contribution is 0.0950. The number of halogens is 1. The van der Waals surface area contributed by atoms with E-state index in [0.29, 0.717) is 18.1 Å². The zero-order valence-corrected chi connectivity index (χ0v) is 15.8. The maximum absolute atomic E-state index is 13.7. The van der Waals surface area contributed by atoms with Crippen LogP contribution < -0.4 is 14.9 Å². The summed E-state index contributed by atoms with van der Waals surface area (Å²) in [7, 11) is 1.44. The number of hydrogen-bond donors (Lipinski definition) is 1. The summed E-state index contributed by atoms with van der Waals surface area (Å²) in [4.78, 5) is 24.2. The Morgan fingerprint density at radius 2 is 2.00 bits per heavy atom. The lowest BCUT2D eigenvalue weighted by atomic mass is 10.1. The van der Waals surface area contributed by atoms with Crippen LogP contribution in [0.3, 0.4) is 0 Å². The number of pyridine rings is 1. The highest BCUT2D eigenvalue weighted by Gasteiger charge is 2.10. The van der Waals surface area contributed by atoms with Crippen molar-refractivity contribution in [2.24, 2.45) is 5.10 Å². The van der Waals surface area contributed by atoms with E-state index in [-0.39, 0.29) is 11.3 Å². The number of aromatic nitrogens is 3. The molecule has 0 saturated heterocycles. The van der Waals surface area contributed by atoms with Gasteiger partial charge in [-0.05, 0) is 37.3 Å². The first-order valence-corrected chi connectivity index (χ1v) is 8.69. The summed E-state index contributed by atoms with van der Waals surface area (Å²) < 4.78 is 24.1. The van der Waals surface area contributed by atoms with E-state index in [1.54, 1.807) is 6.20 Å². The van der Waals surface area contributed by atoms with E-state index in [9.17, 15) is 9.18 Å². The Bertz CT molecular complexity index is 1020. The number of hydrogen-bond acceptors (Lipinski definition) is 7. The summed E-state index contributed by atoms with van der Waals surface area (Å²) in [6.45, 7) is 2.48. The largest absolute Gasteiger partial charge is 0.495 e. The number of nitrogens with zero attached hydrogens (tertiary/aromatic N) is 4. The van der Waals surface area contributed by atoms with Crippen LogP contribution in [0.25, 0.3) is 11.3 Å². The van der Waals surface area contributed by atoms with Crippen molar-refractivity contribution in [1.82, 2.24) is 20.4 Å². The van der Waals surface area contributed by atoms with Crippen LogP contribution in [0.4, 0.5) is 4.39 Å². The van der Waals surface area contributed by atoms with E-state index >= 15 is 0 Å². The monoisotopic (exact) mass is 395 g/mol. The molecule has 8 nitrogen and oxygen atoms in total. The predicted octanol–water partition coefficient (Wildman–Crippen LogP) is 2.85. The standard InChI is InChI=1S/C20H18FN5O3/c1-3-29-15-6-4-13(5-7-15)17-11-22-12-18(25-17)20(27)26-24-9-14-8-16(28-2)10-23-19(14)21/h4-12H,3H2,1-2H3,(H,26,27)/b24-9+. The van der Waals surface area contributed by atoms with Gasteiger partial charge in [0.15, 0.2) is 0 Å². The Kier molecular flexibility index (Phi) is 6.41. The second-order valence-electron chi connectivity index (χ2n) is 5.70. The number of methoxy groups -OCH3 is 1. The Morgan fingerprint density at radius 3 is 2.72 bits per heavy atom. The van der Waals surface area contributed by atoms with E-state index in [0.717, 1.165) is 17.5 Å². The van der Waals surface area contributed by atoms with E-state index < -0.39 is 11.9 Å². The Balaban J connectivity index is 1.71. The molecule has 29 heavy (non-hydrogen) atoms. The molecule has 0 atom stereocenters. The minimum absolute atomic E-state index is 0.0674. The van der Waals surface area contributed by atoms with Crippen LogP contribution in [-0.4, -0.2) is 40.8 Å². The molecule has 2 heterocycles. The third kappa shape index (κ3) is 5.10. The topological polar surface area (TPSA) is 98.6 Å². The number of carbonyl (C=O) groups excluding carboxylic acids is 1. The van der Waals surface area contributed by atoms with Crippen LogP contribution in [0, 0.1) is 5.95 Å². The van der Waals surface area contributed by atoms with Crippen LogP contribution in [0.5, 0.6) is 11.5 Å². The number of rotatable bonds is 7. The van der Waals surface area contributed by atoms with Gasteiger partial charge in [-0.15, -0.1) is 0 Å². The molecular formula is C20H18FN5O3. The van der Waals surface area contributed by atoms with Crippen LogP contribution in [0.2, 0.25) is 0 Å². The van der Waals surface area contributed by atoms with Crippen LogP contribution in [0.1, 0.15) is 23.0 Å². The van der Waals surface area contributed by atoms with Crippen molar-refractivity contribution in [3.05, 3.63) is 66.1 Å². The molecule has 2 aromatic heterocycles. The lowest BCUT2D eigenvalue weighted by Gasteiger charge is -2.06. The molecule has 0 fully saturated rings. The second-order valence-corrected chi connectivity index (χ2v) is 5.70. The van der Waals surface area contributed by atoms with Gasteiger partial charge in [0, 0.05) is 5.56 Å². The second kappa shape index (κ2) is 9.36. The number of benzene rings is 1. The van der Waals surface area contributed by atoms with E-state index in [1.165, 1.54) is 25.6 Å². The number of carbonyl (C=O) groups is 1. The molecule has 148 valence electrons. The molecule has 0 aliphatic rings. The summed E-state index contributed by atoms with van der Waals surface area (Å²) >= 11 is 0. The fourth-order valence-corrected chi connectivity index (χ4v) is 2.37. The SMILES string of the molecule is CCOc1ccc(-c2cncc(C(=O)N/N=C/c3cc(OC)cnc3F)n2)cc1. The number of amides is 1. The smallest absolute Gasteiger partial charge is 0.291 e. The molecule has 0 aliphatic heterocycles. The zero-order chi connectivity index (χ0) is 20.6. The summed E-state index contributed by atoms with van der Waals surface area (Å²) in [6.07, 6.45) is 5.24. The highest BCUT2D eigenvalue weighted by atomic mass is 19.1. The molecule has 1 amide bonds. The first-order valence-electron chi connectivity index (χ1n) is 8.69. The van der Waals surface area contributed by atoms with Gasteiger partial charge in [0.1, 0.15) is 17.2 Å². The zero-order valence-electron chi connectivity index (χ0n) is 15.8. The van der Waals surface area contributed by atoms with Gasteiger partial charge in [-0.2, -0.15) is 9.49 Å². The number of nitrogens with one attached hydrogen (secondary N) is 1. The predicted molar refractivity (Wildman–Crippen MR) is 104 cm³/mol. The maximum Gasteiger partial charge on any atom is 0.291 e. The average Bonchev–Trinajstić information content (AvgIpc) is 2.76. The minimum atomic E-state index is -0.735. The highest BCUT2D eigenvalue weighted by Crippen LogP contribution is 2.20. The van der Waals surface area contributed by atoms with Crippen LogP contribution >= 0.6 is 0 Å². The maximum atomic E-state index is 13.7. The van der Waals surface area contributed by atoms with Crippen molar-refractivity contribution < 1.29 is 18.7 Å². The van der Waals surface area contributed by atoms with Gasteiger partial charge in [0.05, 0.1) is 49.8 Å². The van der Waals surface area contributed by atoms with Crippen LogP contribution in [0.15, 0.2) is 54.0 Å². The molecule has 9 heteroatoms. The first kappa shape index (κ1) is 19.9. The van der Waals surface area contributed by atoms with E-state index in [1.807, 2.05) is 31.2 Å². The molecule has 0 unspecified atom stereocenters. The fourth-order valence-electron chi connectivity index (χ4n) is 2.37. The van der Waals surface area contributed by atoms with Gasteiger partial charge in [-0.1, -0.05) is 0 Å². The first-order chi connectivity index (χ1) is 14.1. The molecular weight excluding hydrogens is 377 g/mol. The summed E-state index contributed by atoms with van der Waals surface area (Å²) in [6, 6.07) is 8.69. The molecule has 0 bridgehead atoms. The van der Waals surface area contributed by atoms with Gasteiger partial charge in [0.25, 0.3) is 5.91 Å². The lowest BCUT2D eigenvalue weighted by Crippen LogP contribution is -2.19. The summed E-state index contributed by atoms with van der Waals surface area (Å²) in [5.41, 5.74) is 3.73. The Hall–Kier alpha value is -3.88. The summed E-state index contributed by atoms with van der Waals surface area (Å²) in [5.74, 6) is -0.210. The summed E-state index contributed by atoms with van der Waals surface area (Å²) in [5, 5.41) is 3.74. The Labute approximate surface area is 166 Å². The minimum Gasteiger partial charge on any atom is -0.495 e. The molecule has 1 N–H and O–H groups in total. The molecule has 0 aliphatic carbocycles. The van der Waals surface area contributed by atoms with Crippen molar-refractivity contribution in [3.63, 3.8) is 0 Å². The third-order valence-corrected chi connectivity index (χ3v) is 3.77. The van der Waals surface area contributed by atoms with Gasteiger partial charge < -0.3 is 9.47 Å². The highest BCUT2D eigenvalue weighted by molar-refractivity contribution is 5.93. The molecule has 0 saturated carbocycles. The van der Waals surface area contributed by atoms with Crippen molar-refractivity contribution in [2.45, 2.75) is 6.92 Å². The van der Waals surface area contributed by atoms with Gasteiger partial charge in [-0.25, -0.2) is 15.4 Å². The third-order valence-electron chi connectivity index (χ3n) is 3.77. The fraction of sp³-hybridized carbons (Fsp3) is 0.150. The quantitative estimate of drug-likeness (QED) is 0.375. The molecule has 3 aromatic rings. The van der Waals surface area contributed by atoms with Crippen LogP contribution in [-0.2, 0) is 0 Å². The number of hydrazone groups is 1. The molecule has 3 rings (SSSR count). The average molecular weight is 395 g/mol. The van der Waals surface area contributed by atoms with Crippen molar-refractivity contribution >= 4 is 12.1 Å². The van der Waals surface area contributed by atoms with Gasteiger partial charge in [-0.3, -0.25) is 9.78 Å². The Morgan fingerprint density at radius 1 is 1.21 bits per heavy atom. The molecule has 1 aromatic carbocycles. The van der Waals surface area contributed by atoms with Crippen molar-refractivity contribution in [2.75, 3.05) is 13.7 Å². The van der Waals surface area contributed by atoms with Crippen molar-refractivity contribution in [3.8, 4) is 22.8 Å². The molecule has 0 radical (unpaired) electrons.